The largest absolute Gasteiger partial charge is 0.349 e. The number of fused-ring (bicyclic) bond motifs is 1. The van der Waals surface area contributed by atoms with Gasteiger partial charge in [-0.05, 0) is 30.4 Å². The lowest BCUT2D eigenvalue weighted by Gasteiger charge is -2.16. The van der Waals surface area contributed by atoms with Gasteiger partial charge < -0.3 is 5.32 Å². The Morgan fingerprint density at radius 1 is 1.21 bits per heavy atom. The van der Waals surface area contributed by atoms with Crippen LogP contribution >= 0.6 is 0 Å². The van der Waals surface area contributed by atoms with E-state index in [4.69, 9.17) is 0 Å². The van der Waals surface area contributed by atoms with E-state index in [-0.39, 0.29) is 29.4 Å². The minimum absolute atomic E-state index is 0.00714. The van der Waals surface area contributed by atoms with Crippen LogP contribution in [0, 0.1) is 5.92 Å². The van der Waals surface area contributed by atoms with E-state index >= 15 is 0 Å². The first-order valence-corrected chi connectivity index (χ1v) is 8.46. The van der Waals surface area contributed by atoms with Crippen LogP contribution in [0.3, 0.4) is 0 Å². The molecule has 5 heteroatoms. The van der Waals surface area contributed by atoms with Crippen molar-refractivity contribution >= 4 is 15.7 Å². The van der Waals surface area contributed by atoms with Crippen molar-refractivity contribution in [2.45, 2.75) is 25.3 Å². The number of carbonyl (C=O) groups is 1. The fourth-order valence-corrected chi connectivity index (χ4v) is 4.74. The Kier molecular flexibility index (Phi) is 3.09. The van der Waals surface area contributed by atoms with Crippen LogP contribution in [0.25, 0.3) is 0 Å². The molecule has 19 heavy (non-hydrogen) atoms. The van der Waals surface area contributed by atoms with Gasteiger partial charge in [-0.25, -0.2) is 8.42 Å². The second-order valence-electron chi connectivity index (χ2n) is 5.40. The zero-order valence-electron chi connectivity index (χ0n) is 10.6. The summed E-state index contributed by atoms with van der Waals surface area (Å²) in [7, 11) is -3.00. The molecule has 0 saturated carbocycles. The number of aryl methyl sites for hydroxylation is 1. The highest BCUT2D eigenvalue weighted by molar-refractivity contribution is 7.91. The van der Waals surface area contributed by atoms with Crippen LogP contribution in [0.1, 0.15) is 30.0 Å². The van der Waals surface area contributed by atoms with Gasteiger partial charge in [-0.1, -0.05) is 24.3 Å². The molecule has 1 aliphatic carbocycles. The molecule has 0 unspecified atom stereocenters. The average molecular weight is 279 g/mol. The van der Waals surface area contributed by atoms with E-state index < -0.39 is 9.84 Å². The van der Waals surface area contributed by atoms with E-state index in [9.17, 15) is 13.2 Å². The van der Waals surface area contributed by atoms with Crippen molar-refractivity contribution in [3.8, 4) is 0 Å². The van der Waals surface area contributed by atoms with Gasteiger partial charge in [0.05, 0.1) is 23.5 Å². The normalized spacial score (nSPS) is 28.0. The zero-order valence-corrected chi connectivity index (χ0v) is 11.4. The highest BCUT2D eigenvalue weighted by atomic mass is 32.2. The number of hydrogen-bond donors (Lipinski definition) is 1. The molecule has 1 amide bonds. The number of hydrogen-bond acceptors (Lipinski definition) is 3. The third-order valence-corrected chi connectivity index (χ3v) is 5.82. The van der Waals surface area contributed by atoms with Crippen molar-refractivity contribution in [1.82, 2.24) is 5.32 Å². The molecule has 102 valence electrons. The van der Waals surface area contributed by atoms with Crippen LogP contribution in [0.4, 0.5) is 0 Å². The fourth-order valence-electron chi connectivity index (χ4n) is 3.00. The van der Waals surface area contributed by atoms with E-state index in [2.05, 4.69) is 11.4 Å². The summed E-state index contributed by atoms with van der Waals surface area (Å²) in [4.78, 5) is 12.1. The van der Waals surface area contributed by atoms with Crippen molar-refractivity contribution < 1.29 is 13.2 Å². The second-order valence-corrected chi connectivity index (χ2v) is 7.63. The summed E-state index contributed by atoms with van der Waals surface area (Å²) in [6.45, 7) is 0. The molecular weight excluding hydrogens is 262 g/mol. The summed E-state index contributed by atoms with van der Waals surface area (Å²) in [6.07, 6.45) is 2.34. The Bertz CT molecular complexity index is 609. The molecule has 1 aromatic carbocycles. The number of amides is 1. The predicted octanol–water partition coefficient (Wildman–Crippen LogP) is 1.22. The quantitative estimate of drug-likeness (QED) is 0.885. The van der Waals surface area contributed by atoms with Crippen molar-refractivity contribution in [3.63, 3.8) is 0 Å². The van der Waals surface area contributed by atoms with Crippen molar-refractivity contribution in [1.29, 1.82) is 0 Å². The monoisotopic (exact) mass is 279 g/mol. The van der Waals surface area contributed by atoms with E-state index in [0.717, 1.165) is 12.8 Å². The lowest BCUT2D eigenvalue weighted by atomic mass is 10.1. The van der Waals surface area contributed by atoms with Gasteiger partial charge >= 0.3 is 0 Å². The maximum absolute atomic E-state index is 12.1. The minimum Gasteiger partial charge on any atom is -0.349 e. The Hall–Kier alpha value is -1.36. The topological polar surface area (TPSA) is 63.2 Å². The van der Waals surface area contributed by atoms with Gasteiger partial charge in [0.25, 0.3) is 0 Å². The van der Waals surface area contributed by atoms with Gasteiger partial charge in [0.15, 0.2) is 9.84 Å². The van der Waals surface area contributed by atoms with Crippen molar-refractivity contribution in [2.75, 3.05) is 11.5 Å². The maximum atomic E-state index is 12.1. The molecule has 1 fully saturated rings. The molecule has 4 nitrogen and oxygen atoms in total. The van der Waals surface area contributed by atoms with E-state index in [1.165, 1.54) is 11.1 Å². The Balaban J connectivity index is 1.69. The Labute approximate surface area is 113 Å². The van der Waals surface area contributed by atoms with Crippen LogP contribution in [0.5, 0.6) is 0 Å². The second kappa shape index (κ2) is 4.63. The van der Waals surface area contributed by atoms with Crippen LogP contribution in [-0.2, 0) is 21.1 Å². The fraction of sp³-hybridized carbons (Fsp3) is 0.500. The lowest BCUT2D eigenvalue weighted by Crippen LogP contribution is -2.33. The smallest absolute Gasteiger partial charge is 0.224 e. The Morgan fingerprint density at radius 2 is 2.00 bits per heavy atom. The summed E-state index contributed by atoms with van der Waals surface area (Å²) in [5.41, 5.74) is 2.46. The minimum atomic E-state index is -3.00. The van der Waals surface area contributed by atoms with Crippen LogP contribution < -0.4 is 5.32 Å². The van der Waals surface area contributed by atoms with E-state index in [1.807, 2.05) is 18.2 Å². The zero-order chi connectivity index (χ0) is 13.5. The standard InChI is InChI=1S/C14H17NO3S/c16-14(11-7-8-19(17,18)9-11)15-13-6-5-10-3-1-2-4-12(10)13/h1-4,11,13H,5-9H2,(H,15,16)/t11-,13+/m0/s1. The van der Waals surface area contributed by atoms with Gasteiger partial charge in [0.2, 0.25) is 5.91 Å². The third kappa shape index (κ3) is 2.52. The average Bonchev–Trinajstić information content (AvgIpc) is 2.94. The first-order chi connectivity index (χ1) is 9.05. The Morgan fingerprint density at radius 3 is 2.74 bits per heavy atom. The van der Waals surface area contributed by atoms with Crippen LogP contribution in [0.2, 0.25) is 0 Å². The number of sulfone groups is 1. The molecule has 0 aromatic heterocycles. The molecule has 0 spiro atoms. The third-order valence-electron chi connectivity index (χ3n) is 4.05. The summed E-state index contributed by atoms with van der Waals surface area (Å²) < 4.78 is 22.8. The molecule has 2 atom stereocenters. The van der Waals surface area contributed by atoms with Gasteiger partial charge in [-0.3, -0.25) is 4.79 Å². The molecule has 1 aliphatic heterocycles. The van der Waals surface area contributed by atoms with Crippen LogP contribution in [-0.4, -0.2) is 25.8 Å². The highest BCUT2D eigenvalue weighted by Gasteiger charge is 2.34. The maximum Gasteiger partial charge on any atom is 0.224 e. The van der Waals surface area contributed by atoms with Crippen molar-refractivity contribution in [3.05, 3.63) is 35.4 Å². The number of benzene rings is 1. The van der Waals surface area contributed by atoms with Gasteiger partial charge in [-0.2, -0.15) is 0 Å². The molecule has 3 rings (SSSR count). The van der Waals surface area contributed by atoms with Gasteiger partial charge in [0.1, 0.15) is 0 Å². The lowest BCUT2D eigenvalue weighted by molar-refractivity contribution is -0.125. The molecule has 0 radical (unpaired) electrons. The summed E-state index contributed by atoms with van der Waals surface area (Å²) in [6, 6.07) is 8.16. The van der Waals surface area contributed by atoms with Gasteiger partial charge in [-0.15, -0.1) is 0 Å². The molecule has 2 aliphatic rings. The molecule has 1 N–H and O–H groups in total. The van der Waals surface area contributed by atoms with E-state index in [0.29, 0.717) is 6.42 Å². The number of nitrogens with one attached hydrogen (secondary N) is 1. The SMILES string of the molecule is O=C(N[C@@H]1CCc2ccccc21)[C@H]1CCS(=O)(=O)C1. The highest BCUT2D eigenvalue weighted by Crippen LogP contribution is 2.31. The molecule has 1 aromatic rings. The first-order valence-electron chi connectivity index (χ1n) is 6.64. The van der Waals surface area contributed by atoms with E-state index in [1.54, 1.807) is 0 Å². The number of carbonyl (C=O) groups excluding carboxylic acids is 1. The molecule has 0 bridgehead atoms. The predicted molar refractivity (Wildman–Crippen MR) is 72.4 cm³/mol. The summed E-state index contributed by atoms with van der Waals surface area (Å²) >= 11 is 0. The summed E-state index contributed by atoms with van der Waals surface area (Å²) in [5.74, 6) is -0.319. The van der Waals surface area contributed by atoms with Gasteiger partial charge in [0, 0.05) is 0 Å². The number of rotatable bonds is 2. The van der Waals surface area contributed by atoms with Crippen LogP contribution in [0.15, 0.2) is 24.3 Å². The summed E-state index contributed by atoms with van der Waals surface area (Å²) in [5, 5.41) is 3.01. The molecular formula is C14H17NO3S. The first kappa shape index (κ1) is 12.7. The van der Waals surface area contributed by atoms with Crippen molar-refractivity contribution in [2.24, 2.45) is 5.92 Å². The molecule has 1 heterocycles. The molecule has 1 saturated heterocycles.